The van der Waals surface area contributed by atoms with E-state index in [1.807, 2.05) is 6.92 Å². The standard InChI is InChI=1S/C17H18FNO3S/c1-4-12-9-14(17(21)22-5-2)16(23-12)19-15(20)13-8-11(18)7-6-10(13)3/h6-9H,4-5H2,1-3H3,(H,19,20). The minimum absolute atomic E-state index is 0.242. The van der Waals surface area contributed by atoms with Crippen molar-refractivity contribution in [1.29, 1.82) is 0 Å². The van der Waals surface area contributed by atoms with Crippen molar-refractivity contribution < 1.29 is 18.7 Å². The molecule has 23 heavy (non-hydrogen) atoms. The fourth-order valence-corrected chi connectivity index (χ4v) is 3.06. The number of esters is 1. The zero-order chi connectivity index (χ0) is 17.0. The first-order chi connectivity index (χ1) is 11.0. The van der Waals surface area contributed by atoms with Gasteiger partial charge < -0.3 is 10.1 Å². The number of hydrogen-bond donors (Lipinski definition) is 1. The van der Waals surface area contributed by atoms with E-state index in [4.69, 9.17) is 4.74 Å². The summed E-state index contributed by atoms with van der Waals surface area (Å²) in [6.07, 6.45) is 0.742. The number of anilines is 1. The summed E-state index contributed by atoms with van der Waals surface area (Å²) in [6.45, 7) is 5.67. The summed E-state index contributed by atoms with van der Waals surface area (Å²) < 4.78 is 18.4. The largest absolute Gasteiger partial charge is 0.462 e. The highest BCUT2D eigenvalue weighted by Crippen LogP contribution is 2.30. The second-order valence-corrected chi connectivity index (χ2v) is 6.08. The van der Waals surface area contributed by atoms with Crippen LogP contribution < -0.4 is 5.32 Å². The molecular weight excluding hydrogens is 317 g/mol. The van der Waals surface area contributed by atoms with E-state index < -0.39 is 17.7 Å². The van der Waals surface area contributed by atoms with Gasteiger partial charge in [-0.05, 0) is 44.0 Å². The lowest BCUT2D eigenvalue weighted by Crippen LogP contribution is -2.15. The van der Waals surface area contributed by atoms with Crippen molar-refractivity contribution in [2.24, 2.45) is 0 Å². The number of amides is 1. The third kappa shape index (κ3) is 3.96. The predicted octanol–water partition coefficient (Wildman–Crippen LogP) is 4.19. The van der Waals surface area contributed by atoms with Crippen molar-refractivity contribution in [3.05, 3.63) is 51.7 Å². The second-order valence-electron chi connectivity index (χ2n) is 4.94. The van der Waals surface area contributed by atoms with Crippen LogP contribution in [0, 0.1) is 12.7 Å². The molecule has 1 aromatic heterocycles. The Bertz CT molecular complexity index is 739. The predicted molar refractivity (Wildman–Crippen MR) is 88.7 cm³/mol. The Balaban J connectivity index is 2.31. The van der Waals surface area contributed by atoms with Crippen LogP contribution in [0.15, 0.2) is 24.3 Å². The number of halogens is 1. The maximum Gasteiger partial charge on any atom is 0.341 e. The molecule has 0 fully saturated rings. The third-order valence-corrected chi connectivity index (χ3v) is 4.49. The molecule has 0 unspecified atom stereocenters. The van der Waals surface area contributed by atoms with Crippen LogP contribution in [0.5, 0.6) is 0 Å². The first kappa shape index (κ1) is 17.1. The molecule has 0 radical (unpaired) electrons. The third-order valence-electron chi connectivity index (χ3n) is 3.30. The van der Waals surface area contributed by atoms with Gasteiger partial charge >= 0.3 is 5.97 Å². The molecule has 0 atom stereocenters. The van der Waals surface area contributed by atoms with E-state index in [9.17, 15) is 14.0 Å². The molecule has 0 saturated carbocycles. The molecule has 2 rings (SSSR count). The maximum absolute atomic E-state index is 13.4. The normalized spacial score (nSPS) is 10.4. The number of carbonyl (C=O) groups excluding carboxylic acids is 2. The van der Waals surface area contributed by atoms with Gasteiger partial charge in [-0.3, -0.25) is 4.79 Å². The summed E-state index contributed by atoms with van der Waals surface area (Å²) in [4.78, 5) is 25.4. The molecule has 0 aliphatic rings. The Morgan fingerprint density at radius 3 is 2.61 bits per heavy atom. The van der Waals surface area contributed by atoms with Crippen LogP contribution in [0.1, 0.15) is 45.0 Å². The molecule has 1 heterocycles. The van der Waals surface area contributed by atoms with Gasteiger partial charge in [-0.2, -0.15) is 0 Å². The molecule has 6 heteroatoms. The van der Waals surface area contributed by atoms with E-state index in [1.54, 1.807) is 26.0 Å². The first-order valence-electron chi connectivity index (χ1n) is 7.33. The Hall–Kier alpha value is -2.21. The Labute approximate surface area is 138 Å². The lowest BCUT2D eigenvalue weighted by Gasteiger charge is -2.08. The van der Waals surface area contributed by atoms with Gasteiger partial charge in [-0.25, -0.2) is 9.18 Å². The van der Waals surface area contributed by atoms with E-state index >= 15 is 0 Å². The van der Waals surface area contributed by atoms with Crippen LogP contribution in [-0.2, 0) is 11.2 Å². The van der Waals surface area contributed by atoms with E-state index in [1.165, 1.54) is 23.5 Å². The van der Waals surface area contributed by atoms with E-state index in [0.717, 1.165) is 11.3 Å². The molecule has 1 N–H and O–H groups in total. The summed E-state index contributed by atoms with van der Waals surface area (Å²) >= 11 is 1.32. The molecule has 0 spiro atoms. The molecular formula is C17H18FNO3S. The molecule has 0 bridgehead atoms. The van der Waals surface area contributed by atoms with Gasteiger partial charge in [0.2, 0.25) is 0 Å². The minimum atomic E-state index is -0.480. The van der Waals surface area contributed by atoms with Gasteiger partial charge in [-0.15, -0.1) is 11.3 Å². The highest BCUT2D eigenvalue weighted by molar-refractivity contribution is 7.16. The van der Waals surface area contributed by atoms with E-state index in [2.05, 4.69) is 5.32 Å². The first-order valence-corrected chi connectivity index (χ1v) is 8.15. The van der Waals surface area contributed by atoms with Gasteiger partial charge in [0, 0.05) is 10.4 Å². The highest BCUT2D eigenvalue weighted by atomic mass is 32.1. The number of thiophene rings is 1. The number of hydrogen-bond acceptors (Lipinski definition) is 4. The number of benzene rings is 1. The van der Waals surface area contributed by atoms with Crippen LogP contribution in [0.25, 0.3) is 0 Å². The zero-order valence-corrected chi connectivity index (χ0v) is 14.1. The van der Waals surface area contributed by atoms with Crippen molar-refractivity contribution in [3.63, 3.8) is 0 Å². The molecule has 1 aromatic carbocycles. The van der Waals surface area contributed by atoms with Gasteiger partial charge in [-0.1, -0.05) is 13.0 Å². The number of nitrogens with one attached hydrogen (secondary N) is 1. The second kappa shape index (κ2) is 7.37. The highest BCUT2D eigenvalue weighted by Gasteiger charge is 2.20. The smallest absolute Gasteiger partial charge is 0.341 e. The molecule has 0 aliphatic heterocycles. The van der Waals surface area contributed by atoms with Crippen LogP contribution in [0.4, 0.5) is 9.39 Å². The van der Waals surface area contributed by atoms with E-state index in [-0.39, 0.29) is 12.2 Å². The summed E-state index contributed by atoms with van der Waals surface area (Å²) in [5.74, 6) is -1.40. The maximum atomic E-state index is 13.4. The van der Waals surface area contributed by atoms with E-state index in [0.29, 0.717) is 16.1 Å². The van der Waals surface area contributed by atoms with Crippen LogP contribution in [0.2, 0.25) is 0 Å². The molecule has 2 aromatic rings. The molecule has 0 aliphatic carbocycles. The molecule has 1 amide bonds. The van der Waals surface area contributed by atoms with Gasteiger partial charge in [0.25, 0.3) is 5.91 Å². The van der Waals surface area contributed by atoms with Gasteiger partial charge in [0.05, 0.1) is 12.2 Å². The summed E-state index contributed by atoms with van der Waals surface area (Å²) in [5.41, 5.74) is 1.23. The SMILES string of the molecule is CCOC(=O)c1cc(CC)sc1NC(=O)c1cc(F)ccc1C. The Morgan fingerprint density at radius 1 is 1.22 bits per heavy atom. The van der Waals surface area contributed by atoms with Crippen molar-refractivity contribution >= 4 is 28.2 Å². The van der Waals surface area contributed by atoms with Crippen LogP contribution in [0.3, 0.4) is 0 Å². The summed E-state index contributed by atoms with van der Waals surface area (Å²) in [6, 6.07) is 5.75. The fraction of sp³-hybridized carbons (Fsp3) is 0.294. The molecule has 4 nitrogen and oxygen atoms in total. The fourth-order valence-electron chi connectivity index (χ4n) is 2.08. The Morgan fingerprint density at radius 2 is 1.96 bits per heavy atom. The summed E-state index contributed by atoms with van der Waals surface area (Å²) in [5, 5.41) is 3.13. The molecule has 0 saturated heterocycles. The van der Waals surface area contributed by atoms with Crippen molar-refractivity contribution in [1.82, 2.24) is 0 Å². The monoisotopic (exact) mass is 335 g/mol. The average Bonchev–Trinajstić information content (AvgIpc) is 2.93. The zero-order valence-electron chi connectivity index (χ0n) is 13.2. The lowest BCUT2D eigenvalue weighted by atomic mass is 10.1. The van der Waals surface area contributed by atoms with Crippen molar-refractivity contribution in [3.8, 4) is 0 Å². The minimum Gasteiger partial charge on any atom is -0.462 e. The van der Waals surface area contributed by atoms with Crippen molar-refractivity contribution in [2.45, 2.75) is 27.2 Å². The quantitative estimate of drug-likeness (QED) is 0.834. The number of carbonyl (C=O) groups is 2. The van der Waals surface area contributed by atoms with Crippen molar-refractivity contribution in [2.75, 3.05) is 11.9 Å². The Kier molecular flexibility index (Phi) is 5.50. The lowest BCUT2D eigenvalue weighted by molar-refractivity contribution is 0.0528. The van der Waals surface area contributed by atoms with Gasteiger partial charge in [0.1, 0.15) is 10.8 Å². The topological polar surface area (TPSA) is 55.4 Å². The van der Waals surface area contributed by atoms with Crippen LogP contribution in [-0.4, -0.2) is 18.5 Å². The number of ether oxygens (including phenoxy) is 1. The van der Waals surface area contributed by atoms with Crippen LogP contribution >= 0.6 is 11.3 Å². The summed E-state index contributed by atoms with van der Waals surface area (Å²) in [7, 11) is 0. The average molecular weight is 335 g/mol. The van der Waals surface area contributed by atoms with Gasteiger partial charge in [0.15, 0.2) is 0 Å². The number of rotatable bonds is 5. The molecule has 122 valence electrons. The number of aryl methyl sites for hydroxylation is 2.